The molecule has 2 N–H and O–H groups in total. The van der Waals surface area contributed by atoms with Crippen LogP contribution in [0.25, 0.3) is 0 Å². The van der Waals surface area contributed by atoms with Crippen LogP contribution in [0.4, 0.5) is 0 Å². The van der Waals surface area contributed by atoms with Crippen molar-refractivity contribution in [2.75, 3.05) is 26.7 Å². The summed E-state index contributed by atoms with van der Waals surface area (Å²) in [4.78, 5) is 13.7. The second-order valence-electron chi connectivity index (χ2n) is 6.00. The van der Waals surface area contributed by atoms with E-state index in [4.69, 9.17) is 4.74 Å². The van der Waals surface area contributed by atoms with Crippen LogP contribution in [0.5, 0.6) is 5.75 Å². The molecule has 0 radical (unpaired) electrons. The highest BCUT2D eigenvalue weighted by molar-refractivity contribution is 5.78. The van der Waals surface area contributed by atoms with Gasteiger partial charge in [-0.15, -0.1) is 0 Å². The Morgan fingerprint density at radius 1 is 1.32 bits per heavy atom. The Morgan fingerprint density at radius 3 is 2.45 bits per heavy atom. The third-order valence-corrected chi connectivity index (χ3v) is 3.64. The van der Waals surface area contributed by atoms with Crippen molar-refractivity contribution in [1.29, 1.82) is 0 Å². The quantitative estimate of drug-likeness (QED) is 0.764. The van der Waals surface area contributed by atoms with Gasteiger partial charge in [-0.1, -0.05) is 18.2 Å². The number of carbonyl (C=O) groups excluding carboxylic acids is 1. The zero-order valence-electron chi connectivity index (χ0n) is 14.2. The SMILES string of the molecule is Cc1cccc(C)c1OCC(O)CNC(=O)CN(C)C(C)C. The van der Waals surface area contributed by atoms with Crippen LogP contribution in [0.3, 0.4) is 0 Å². The van der Waals surface area contributed by atoms with Gasteiger partial charge >= 0.3 is 0 Å². The van der Waals surface area contributed by atoms with Gasteiger partial charge in [0.05, 0.1) is 6.54 Å². The Morgan fingerprint density at radius 2 is 1.91 bits per heavy atom. The molecular weight excluding hydrogens is 280 g/mol. The largest absolute Gasteiger partial charge is 0.490 e. The molecule has 0 aliphatic carbocycles. The zero-order valence-corrected chi connectivity index (χ0v) is 14.2. The minimum atomic E-state index is -0.729. The van der Waals surface area contributed by atoms with Crippen molar-refractivity contribution in [2.45, 2.75) is 39.8 Å². The van der Waals surface area contributed by atoms with Gasteiger partial charge in [0, 0.05) is 12.6 Å². The third kappa shape index (κ3) is 6.03. The highest BCUT2D eigenvalue weighted by atomic mass is 16.5. The molecule has 0 aliphatic heterocycles. The van der Waals surface area contributed by atoms with Crippen LogP contribution in [0, 0.1) is 13.8 Å². The fourth-order valence-corrected chi connectivity index (χ4v) is 1.96. The lowest BCUT2D eigenvalue weighted by atomic mass is 10.1. The first kappa shape index (κ1) is 18.5. The number of likely N-dealkylation sites (N-methyl/N-ethyl adjacent to an activating group) is 1. The highest BCUT2D eigenvalue weighted by Crippen LogP contribution is 2.22. The van der Waals surface area contributed by atoms with Crippen molar-refractivity contribution < 1.29 is 14.6 Å². The predicted octanol–water partition coefficient (Wildman–Crippen LogP) is 1.50. The van der Waals surface area contributed by atoms with Gasteiger partial charge in [0.25, 0.3) is 0 Å². The standard InChI is InChI=1S/C17H28N2O3/c1-12(2)19(5)10-16(21)18-9-15(20)11-22-17-13(3)7-6-8-14(17)4/h6-8,12,15,20H,9-11H2,1-5H3,(H,18,21). The summed E-state index contributed by atoms with van der Waals surface area (Å²) in [5.41, 5.74) is 2.07. The molecule has 0 saturated carbocycles. The summed E-state index contributed by atoms with van der Waals surface area (Å²) >= 11 is 0. The average Bonchev–Trinajstić information content (AvgIpc) is 2.44. The number of rotatable bonds is 8. The number of benzene rings is 1. The first-order valence-corrected chi connectivity index (χ1v) is 7.65. The molecule has 0 bridgehead atoms. The van der Waals surface area contributed by atoms with Gasteiger partial charge in [-0.2, -0.15) is 0 Å². The lowest BCUT2D eigenvalue weighted by molar-refractivity contribution is -0.122. The van der Waals surface area contributed by atoms with E-state index < -0.39 is 6.10 Å². The molecule has 1 atom stereocenters. The molecule has 1 aromatic rings. The molecule has 5 heteroatoms. The number of hydrogen-bond donors (Lipinski definition) is 2. The second-order valence-corrected chi connectivity index (χ2v) is 6.00. The van der Waals surface area contributed by atoms with Crippen LogP contribution in [0.2, 0.25) is 0 Å². The molecular formula is C17H28N2O3. The first-order chi connectivity index (χ1) is 10.3. The van der Waals surface area contributed by atoms with Gasteiger partial charge in [-0.25, -0.2) is 0 Å². The number of aryl methyl sites for hydroxylation is 2. The number of nitrogens with zero attached hydrogens (tertiary/aromatic N) is 1. The number of ether oxygens (including phenoxy) is 1. The predicted molar refractivity (Wildman–Crippen MR) is 88.2 cm³/mol. The molecule has 0 aliphatic rings. The molecule has 0 aromatic heterocycles. The molecule has 5 nitrogen and oxygen atoms in total. The van der Waals surface area contributed by atoms with Crippen molar-refractivity contribution in [1.82, 2.24) is 10.2 Å². The van der Waals surface area contributed by atoms with Crippen LogP contribution in [0.15, 0.2) is 18.2 Å². The van der Waals surface area contributed by atoms with E-state index in [-0.39, 0.29) is 19.1 Å². The summed E-state index contributed by atoms with van der Waals surface area (Å²) in [6, 6.07) is 6.22. The number of amides is 1. The monoisotopic (exact) mass is 308 g/mol. The van der Waals surface area contributed by atoms with E-state index in [9.17, 15) is 9.90 Å². The topological polar surface area (TPSA) is 61.8 Å². The second kappa shape index (κ2) is 8.76. The van der Waals surface area contributed by atoms with Crippen LogP contribution in [0.1, 0.15) is 25.0 Å². The van der Waals surface area contributed by atoms with Crippen LogP contribution in [-0.2, 0) is 4.79 Å². The van der Waals surface area contributed by atoms with Crippen LogP contribution >= 0.6 is 0 Å². The molecule has 1 rings (SSSR count). The fourth-order valence-electron chi connectivity index (χ4n) is 1.96. The molecule has 0 heterocycles. The smallest absolute Gasteiger partial charge is 0.234 e. The third-order valence-electron chi connectivity index (χ3n) is 3.64. The summed E-state index contributed by atoms with van der Waals surface area (Å²) in [5.74, 6) is 0.703. The lowest BCUT2D eigenvalue weighted by Gasteiger charge is -2.21. The number of nitrogens with one attached hydrogen (secondary N) is 1. The van der Waals surface area contributed by atoms with Crippen molar-refractivity contribution in [3.05, 3.63) is 29.3 Å². The van der Waals surface area contributed by atoms with Gasteiger partial charge in [-0.05, 0) is 45.9 Å². The Bertz CT molecular complexity index is 469. The molecule has 0 fully saturated rings. The first-order valence-electron chi connectivity index (χ1n) is 7.65. The van der Waals surface area contributed by atoms with Crippen molar-refractivity contribution in [3.8, 4) is 5.75 Å². The van der Waals surface area contributed by atoms with Gasteiger partial charge in [0.1, 0.15) is 18.5 Å². The Kier molecular flexibility index (Phi) is 7.35. The minimum absolute atomic E-state index is 0.0951. The van der Waals surface area contributed by atoms with Gasteiger partial charge in [0.2, 0.25) is 5.91 Å². The van der Waals surface area contributed by atoms with Gasteiger partial charge in [-0.3, -0.25) is 9.69 Å². The van der Waals surface area contributed by atoms with E-state index in [1.54, 1.807) is 0 Å². The Labute approximate surface area is 133 Å². The van der Waals surface area contributed by atoms with E-state index in [0.717, 1.165) is 16.9 Å². The van der Waals surface area contributed by atoms with E-state index in [1.165, 1.54) is 0 Å². The number of aliphatic hydroxyl groups is 1. The number of aliphatic hydroxyl groups excluding tert-OH is 1. The molecule has 1 aromatic carbocycles. The summed E-state index contributed by atoms with van der Waals surface area (Å²) in [5, 5.41) is 12.7. The van der Waals surface area contributed by atoms with Crippen LogP contribution < -0.4 is 10.1 Å². The average molecular weight is 308 g/mol. The lowest BCUT2D eigenvalue weighted by Crippen LogP contribution is -2.42. The molecule has 1 unspecified atom stereocenters. The Hall–Kier alpha value is -1.59. The zero-order chi connectivity index (χ0) is 16.7. The number of carbonyl (C=O) groups is 1. The van der Waals surface area contributed by atoms with E-state index in [2.05, 4.69) is 5.32 Å². The highest BCUT2D eigenvalue weighted by Gasteiger charge is 2.12. The summed E-state index contributed by atoms with van der Waals surface area (Å²) in [7, 11) is 1.89. The summed E-state index contributed by atoms with van der Waals surface area (Å²) in [6.45, 7) is 8.67. The molecule has 0 saturated heterocycles. The minimum Gasteiger partial charge on any atom is -0.490 e. The summed E-state index contributed by atoms with van der Waals surface area (Å²) < 4.78 is 5.67. The van der Waals surface area contributed by atoms with E-state index in [1.807, 2.05) is 57.8 Å². The van der Waals surface area contributed by atoms with Gasteiger partial charge in [0.15, 0.2) is 0 Å². The van der Waals surface area contributed by atoms with Gasteiger partial charge < -0.3 is 15.2 Å². The normalized spacial score (nSPS) is 12.5. The van der Waals surface area contributed by atoms with Crippen LogP contribution in [-0.4, -0.2) is 54.8 Å². The maximum Gasteiger partial charge on any atom is 0.234 e. The van der Waals surface area contributed by atoms with E-state index >= 15 is 0 Å². The molecule has 0 spiro atoms. The molecule has 124 valence electrons. The summed E-state index contributed by atoms with van der Waals surface area (Å²) in [6.07, 6.45) is -0.729. The molecule has 1 amide bonds. The maximum absolute atomic E-state index is 11.7. The number of hydrogen-bond acceptors (Lipinski definition) is 4. The molecule has 22 heavy (non-hydrogen) atoms. The van der Waals surface area contributed by atoms with E-state index in [0.29, 0.717) is 12.6 Å². The number of para-hydroxylation sites is 1. The Balaban J connectivity index is 2.35. The fraction of sp³-hybridized carbons (Fsp3) is 0.588. The maximum atomic E-state index is 11.7. The van der Waals surface area contributed by atoms with Crippen molar-refractivity contribution in [2.24, 2.45) is 0 Å². The van der Waals surface area contributed by atoms with Crippen molar-refractivity contribution >= 4 is 5.91 Å². The van der Waals surface area contributed by atoms with Crippen molar-refractivity contribution in [3.63, 3.8) is 0 Å².